The van der Waals surface area contributed by atoms with Crippen molar-refractivity contribution >= 4 is 68.4 Å². The molecule has 0 saturated carbocycles. The minimum atomic E-state index is -5.08. The van der Waals surface area contributed by atoms with Crippen LogP contribution < -0.4 is 52.0 Å². The van der Waals surface area contributed by atoms with Gasteiger partial charge in [-0.1, -0.05) is 84.9 Å². The quantitative estimate of drug-likeness (QED) is 0.0288. The Morgan fingerprint density at radius 3 is 1.20 bits per heavy atom. The topological polar surface area (TPSA) is 467 Å². The van der Waals surface area contributed by atoms with Crippen molar-refractivity contribution in [2.24, 2.45) is 0 Å². The van der Waals surface area contributed by atoms with Crippen LogP contribution in [0.4, 0.5) is 13.2 Å². The largest absolute Gasteiger partial charge is 0.490 e. The lowest BCUT2D eigenvalue weighted by molar-refractivity contribution is -0.192. The standard InChI is InChI=1S/2C34H44N7O8P.C2HF3O2/c2*1-35-28(16-22-10-13-26(14-11-22)49-21-50(46,47)48)32(43)39-27-9-5-8-25-12-15-30(41(25)34(27)45)33(44)40-29(17-24-19-36-20-38-24)31(42)37-18-23-6-3-2-4-7-23;3-2(4,5)1(6)7/h2*2-4,6-7,10-11,13-14,19-20,25,27-30,35H,5,8-9,12,15-18,21H2,1H3,(H,36,38)(H,37,42)(H,39,43)(H,40,44)(H2,46,47,48);(H,6,7)/t2*25?,27-,28-,29-,30-;/m00./s1. The van der Waals surface area contributed by atoms with Gasteiger partial charge in [-0.15, -0.1) is 0 Å². The van der Waals surface area contributed by atoms with Crippen LogP contribution >= 0.6 is 15.2 Å². The summed E-state index contributed by atoms with van der Waals surface area (Å²) in [6, 6.07) is 25.2. The number of nitrogens with zero attached hydrogens (tertiary/aromatic N) is 4. The number of nitrogens with one attached hydrogen (secondary N) is 10. The van der Waals surface area contributed by atoms with Crippen LogP contribution in [-0.2, 0) is 91.1 Å². The fourth-order valence-electron chi connectivity index (χ4n) is 12.9. The third-order valence-corrected chi connectivity index (χ3v) is 19.3. The van der Waals surface area contributed by atoms with Crippen molar-refractivity contribution in [2.75, 3.05) is 26.8 Å². The number of aliphatic carboxylic acids is 1. The lowest BCUT2D eigenvalue weighted by Gasteiger charge is -2.32. The summed E-state index contributed by atoms with van der Waals surface area (Å²) in [4.78, 5) is 171. The number of likely N-dealkylation sites (N-methyl/N-ethyl adjacent to an activating group) is 2. The maximum atomic E-state index is 14.0. The normalized spacial score (nSPS) is 19.7. The number of carbonyl (C=O) groups excluding carboxylic acids is 8. The fourth-order valence-corrected chi connectivity index (χ4v) is 13.6. The maximum Gasteiger partial charge on any atom is 0.490 e. The summed E-state index contributed by atoms with van der Waals surface area (Å²) < 4.78 is 64.1. The molecule has 0 radical (unpaired) electrons. The van der Waals surface area contributed by atoms with Gasteiger partial charge in [-0.2, -0.15) is 13.2 Å². The third kappa shape index (κ3) is 25.7. The number of amides is 8. The van der Waals surface area contributed by atoms with Crippen molar-refractivity contribution in [1.82, 2.24) is 72.3 Å². The predicted octanol–water partition coefficient (Wildman–Crippen LogP) is 2.89. The van der Waals surface area contributed by atoms with E-state index in [-0.39, 0.29) is 84.7 Å². The highest BCUT2D eigenvalue weighted by molar-refractivity contribution is 7.51. The molecule has 0 spiro atoms. The number of ether oxygens (including phenoxy) is 2. The Hall–Kier alpha value is -9.86. The SMILES string of the molecule is CN[C@@H](Cc1ccc(OCP(=O)(O)O)cc1)C(=O)N[C@H]1CCCC2CC[C@@H](C(=O)N[C@@H](Cc3cnc[nH]3)C(=O)NCc3ccccc3)N2C1=O.CN[C@@H](Cc1ccc(OCP(=O)(O)O)cc1)C(=O)N[C@H]1CCCC2CC[C@@H](C(=O)N[C@@H](Cc3cnc[nH]3)C(=O)NCc3ccccc3)N2C1=O.O=C(O)C(F)(F)F. The van der Waals surface area contributed by atoms with E-state index in [2.05, 4.69) is 62.5 Å². The lowest BCUT2D eigenvalue weighted by Crippen LogP contribution is -2.58. The molecule has 0 bridgehead atoms. The highest BCUT2D eigenvalue weighted by atomic mass is 31.2. The molecule has 107 heavy (non-hydrogen) atoms. The van der Waals surface area contributed by atoms with Gasteiger partial charge in [0.1, 0.15) is 47.8 Å². The van der Waals surface area contributed by atoms with Crippen LogP contribution in [0.25, 0.3) is 0 Å². The maximum absolute atomic E-state index is 14.0. The van der Waals surface area contributed by atoms with Crippen molar-refractivity contribution in [3.05, 3.63) is 168 Å². The van der Waals surface area contributed by atoms with E-state index in [1.807, 2.05) is 60.7 Å². The number of imidazole rings is 2. The Kier molecular flexibility index (Phi) is 30.3. The Bertz CT molecular complexity index is 3790. The lowest BCUT2D eigenvalue weighted by atomic mass is 10.0. The van der Waals surface area contributed by atoms with Gasteiger partial charge in [-0.25, -0.2) is 14.8 Å². The Morgan fingerprint density at radius 1 is 0.514 bits per heavy atom. The van der Waals surface area contributed by atoms with Crippen LogP contribution in [0.1, 0.15) is 97.8 Å². The summed E-state index contributed by atoms with van der Waals surface area (Å²) >= 11 is 0. The monoisotopic (exact) mass is 1530 g/mol. The molecule has 4 aliphatic heterocycles. The number of halogens is 3. The molecule has 10 rings (SSSR count). The summed E-state index contributed by atoms with van der Waals surface area (Å²) in [5.74, 6) is -5.15. The van der Waals surface area contributed by atoms with E-state index >= 15 is 0 Å². The first-order valence-electron chi connectivity index (χ1n) is 34.6. The number of carboxylic acid groups (broad SMARTS) is 1. The first kappa shape index (κ1) is 82.8. The van der Waals surface area contributed by atoms with Crippen LogP contribution in [0.5, 0.6) is 11.5 Å². The zero-order chi connectivity index (χ0) is 77.4. The van der Waals surface area contributed by atoms with Crippen molar-refractivity contribution in [2.45, 2.75) is 170 Å². The third-order valence-electron chi connectivity index (χ3n) is 18.3. The van der Waals surface area contributed by atoms with Gasteiger partial charge in [0, 0.05) is 61.8 Å². The molecule has 6 heterocycles. The predicted molar refractivity (Wildman–Crippen MR) is 379 cm³/mol. The highest BCUT2D eigenvalue weighted by Crippen LogP contribution is 2.37. The summed E-state index contributed by atoms with van der Waals surface area (Å²) in [7, 11) is -5.35. The Labute approximate surface area is 613 Å². The zero-order valence-corrected chi connectivity index (χ0v) is 60.4. The molecular weight excluding hydrogens is 1440 g/mol. The molecule has 15 N–H and O–H groups in total. The molecule has 578 valence electrons. The van der Waals surface area contributed by atoms with Gasteiger partial charge in [0.15, 0.2) is 12.7 Å². The number of aromatic nitrogens is 4. The van der Waals surface area contributed by atoms with Crippen molar-refractivity contribution in [3.8, 4) is 11.5 Å². The highest BCUT2D eigenvalue weighted by Gasteiger charge is 2.48. The van der Waals surface area contributed by atoms with Crippen LogP contribution in [-0.4, -0.2) is 201 Å². The van der Waals surface area contributed by atoms with Crippen LogP contribution in [0, 0.1) is 0 Å². The number of carbonyl (C=O) groups is 9. The zero-order valence-electron chi connectivity index (χ0n) is 58.6. The average molecular weight is 1530 g/mol. The summed E-state index contributed by atoms with van der Waals surface area (Å²) in [6.45, 7) is 0.582. The number of hydrogen-bond donors (Lipinski definition) is 15. The van der Waals surface area contributed by atoms with E-state index in [0.29, 0.717) is 88.7 Å². The van der Waals surface area contributed by atoms with E-state index < -0.39 is 100 Å². The van der Waals surface area contributed by atoms with Crippen molar-refractivity contribution < 1.29 is 99.6 Å². The molecule has 4 saturated heterocycles. The van der Waals surface area contributed by atoms with Crippen molar-refractivity contribution in [3.63, 3.8) is 0 Å². The summed E-state index contributed by atoms with van der Waals surface area (Å²) in [5, 5.41) is 30.5. The van der Waals surface area contributed by atoms with Crippen LogP contribution in [0.15, 0.2) is 134 Å². The van der Waals surface area contributed by atoms with E-state index in [1.165, 1.54) is 12.7 Å². The number of H-pyrrole nitrogens is 2. The number of rotatable bonds is 30. The molecular formula is C70H89F3N14O18P2. The van der Waals surface area contributed by atoms with Crippen LogP contribution in [0.2, 0.25) is 0 Å². The molecule has 37 heteroatoms. The fraction of sp³-hybridized carbons (Fsp3) is 0.443. The molecule has 6 aromatic rings. The van der Waals surface area contributed by atoms with E-state index in [4.69, 9.17) is 38.9 Å². The number of hydrogen-bond acceptors (Lipinski definition) is 17. The second-order valence-electron chi connectivity index (χ2n) is 26.1. The van der Waals surface area contributed by atoms with Gasteiger partial charge in [0.2, 0.25) is 47.3 Å². The molecule has 32 nitrogen and oxygen atoms in total. The molecule has 4 aromatic carbocycles. The molecule has 2 aromatic heterocycles. The number of aromatic amines is 2. The van der Waals surface area contributed by atoms with Crippen LogP contribution in [0.3, 0.4) is 0 Å². The molecule has 2 unspecified atom stereocenters. The first-order valence-corrected chi connectivity index (χ1v) is 38.2. The molecule has 0 aliphatic carbocycles. The number of carboxylic acids is 1. The minimum Gasteiger partial charge on any atom is -0.481 e. The van der Waals surface area contributed by atoms with E-state index in [0.717, 1.165) is 22.3 Å². The molecule has 10 atom stereocenters. The molecule has 4 fully saturated rings. The molecule has 8 amide bonds. The number of benzene rings is 4. The van der Waals surface area contributed by atoms with Gasteiger partial charge in [-0.3, -0.25) is 47.5 Å². The van der Waals surface area contributed by atoms with Gasteiger partial charge >= 0.3 is 27.3 Å². The second kappa shape index (κ2) is 39.1. The minimum absolute atomic E-state index is 0.149. The van der Waals surface area contributed by atoms with Gasteiger partial charge in [-0.05, 0) is 138 Å². The van der Waals surface area contributed by atoms with Gasteiger partial charge < -0.3 is 96.5 Å². The van der Waals surface area contributed by atoms with E-state index in [1.54, 1.807) is 84.8 Å². The van der Waals surface area contributed by atoms with E-state index in [9.17, 15) is 60.7 Å². The average Bonchev–Trinajstić information content (AvgIpc) is 1.66. The Balaban J connectivity index is 0.000000248. The number of fused-ring (bicyclic) bond motifs is 2. The second-order valence-corrected chi connectivity index (χ2v) is 29.3. The smallest absolute Gasteiger partial charge is 0.481 e. The number of alkyl halides is 3. The van der Waals surface area contributed by atoms with Gasteiger partial charge in [0.05, 0.1) is 24.7 Å². The van der Waals surface area contributed by atoms with Gasteiger partial charge in [0.25, 0.3) is 0 Å². The van der Waals surface area contributed by atoms with Crippen molar-refractivity contribution in [1.29, 1.82) is 0 Å². The molecule has 4 aliphatic rings. The summed E-state index contributed by atoms with van der Waals surface area (Å²) in [5.41, 5.74) is 4.71. The first-order chi connectivity index (χ1) is 50.9. The Morgan fingerprint density at radius 2 is 0.879 bits per heavy atom. The summed E-state index contributed by atoms with van der Waals surface area (Å²) in [6.07, 6.45) is 6.38.